The minimum atomic E-state index is 0.443. The van der Waals surface area contributed by atoms with Gasteiger partial charge in [0.1, 0.15) is 5.75 Å². The Bertz CT molecular complexity index is 375. The first kappa shape index (κ1) is 13.0. The number of hydrogen-bond donors (Lipinski definition) is 1. The van der Waals surface area contributed by atoms with Gasteiger partial charge in [-0.2, -0.15) is 0 Å². The van der Waals surface area contributed by atoms with Gasteiger partial charge in [-0.3, -0.25) is 0 Å². The van der Waals surface area contributed by atoms with Crippen LogP contribution in [0.5, 0.6) is 5.75 Å². The molecule has 2 saturated carbocycles. The Morgan fingerprint density at radius 2 is 1.58 bits per heavy atom. The van der Waals surface area contributed by atoms with Crippen LogP contribution in [-0.4, -0.2) is 12.1 Å². The second kappa shape index (κ2) is 6.42. The smallest absolute Gasteiger partial charge is 0.119 e. The second-order valence-corrected chi connectivity index (χ2v) is 6.03. The van der Waals surface area contributed by atoms with Crippen molar-refractivity contribution in [2.24, 2.45) is 0 Å². The highest BCUT2D eigenvalue weighted by molar-refractivity contribution is 5.27. The first-order valence-electron chi connectivity index (χ1n) is 7.89. The number of nitrogens with one attached hydrogen (secondary N) is 1. The topological polar surface area (TPSA) is 21.3 Å². The Hall–Kier alpha value is -1.02. The van der Waals surface area contributed by atoms with Gasteiger partial charge in [-0.1, -0.05) is 25.0 Å². The molecule has 0 atom stereocenters. The first-order valence-corrected chi connectivity index (χ1v) is 7.89. The summed E-state index contributed by atoms with van der Waals surface area (Å²) in [4.78, 5) is 0. The minimum absolute atomic E-state index is 0.443. The third-order valence-electron chi connectivity index (χ3n) is 4.20. The van der Waals surface area contributed by atoms with E-state index in [-0.39, 0.29) is 0 Å². The van der Waals surface area contributed by atoms with Gasteiger partial charge in [0.15, 0.2) is 0 Å². The molecule has 1 aromatic carbocycles. The molecule has 104 valence electrons. The Morgan fingerprint density at radius 1 is 0.895 bits per heavy atom. The Balaban J connectivity index is 1.49. The molecule has 2 heteroatoms. The van der Waals surface area contributed by atoms with Gasteiger partial charge in [0.25, 0.3) is 0 Å². The molecule has 0 aromatic heterocycles. The number of hydrogen-bond acceptors (Lipinski definition) is 2. The lowest BCUT2D eigenvalue weighted by atomic mass is 10.1. The van der Waals surface area contributed by atoms with E-state index in [1.165, 1.54) is 56.9 Å². The average Bonchev–Trinajstić information content (AvgIpc) is 3.26. The van der Waals surface area contributed by atoms with Crippen molar-refractivity contribution in [2.75, 3.05) is 0 Å². The van der Waals surface area contributed by atoms with Crippen LogP contribution in [0.1, 0.15) is 56.9 Å². The normalized spacial score (nSPS) is 21.1. The van der Waals surface area contributed by atoms with Gasteiger partial charge in [-0.15, -0.1) is 0 Å². The molecule has 1 aromatic rings. The van der Waals surface area contributed by atoms with Crippen molar-refractivity contribution in [3.8, 4) is 5.75 Å². The Labute approximate surface area is 116 Å². The van der Waals surface area contributed by atoms with E-state index in [1.54, 1.807) is 0 Å². The fourth-order valence-corrected chi connectivity index (χ4v) is 2.79. The van der Waals surface area contributed by atoms with Crippen molar-refractivity contribution in [1.29, 1.82) is 0 Å². The molecular weight excluding hydrogens is 234 g/mol. The maximum absolute atomic E-state index is 6.11. The van der Waals surface area contributed by atoms with Crippen LogP contribution in [0, 0.1) is 0 Å². The van der Waals surface area contributed by atoms with Crippen molar-refractivity contribution in [3.63, 3.8) is 0 Å². The van der Waals surface area contributed by atoms with Gasteiger partial charge in [-0.05, 0) is 56.2 Å². The van der Waals surface area contributed by atoms with Crippen molar-refractivity contribution in [2.45, 2.75) is 70.1 Å². The lowest BCUT2D eigenvalue weighted by Crippen LogP contribution is -2.16. The van der Waals surface area contributed by atoms with Crippen LogP contribution in [0.25, 0.3) is 0 Å². The minimum Gasteiger partial charge on any atom is -0.490 e. The molecule has 3 rings (SSSR count). The van der Waals surface area contributed by atoms with Crippen molar-refractivity contribution in [1.82, 2.24) is 5.32 Å². The van der Waals surface area contributed by atoms with E-state index in [0.717, 1.165) is 18.3 Å². The molecule has 0 aliphatic heterocycles. The summed E-state index contributed by atoms with van der Waals surface area (Å²) in [5.41, 5.74) is 1.36. The van der Waals surface area contributed by atoms with Gasteiger partial charge in [-0.25, -0.2) is 0 Å². The van der Waals surface area contributed by atoms with Crippen molar-refractivity contribution < 1.29 is 4.74 Å². The van der Waals surface area contributed by atoms with E-state index in [0.29, 0.717) is 6.10 Å². The fourth-order valence-electron chi connectivity index (χ4n) is 2.79. The molecule has 19 heavy (non-hydrogen) atoms. The largest absolute Gasteiger partial charge is 0.490 e. The van der Waals surface area contributed by atoms with Crippen LogP contribution >= 0.6 is 0 Å². The molecule has 2 aliphatic carbocycles. The predicted octanol–water partition coefficient (Wildman–Crippen LogP) is 4.04. The average molecular weight is 259 g/mol. The highest BCUT2D eigenvalue weighted by Gasteiger charge is 2.19. The standard InChI is InChI=1S/C17H25NO/c1-2-4-6-16(5-3-1)19-17-11-7-14(8-12-17)13-18-15-9-10-15/h7-8,11-12,15-16,18H,1-6,9-10,13H2. The lowest BCUT2D eigenvalue weighted by Gasteiger charge is -2.17. The van der Waals surface area contributed by atoms with E-state index in [9.17, 15) is 0 Å². The third kappa shape index (κ3) is 4.24. The van der Waals surface area contributed by atoms with Gasteiger partial charge in [0, 0.05) is 12.6 Å². The molecule has 2 fully saturated rings. The molecule has 0 unspecified atom stereocenters. The molecule has 2 nitrogen and oxygen atoms in total. The summed E-state index contributed by atoms with van der Waals surface area (Å²) >= 11 is 0. The number of benzene rings is 1. The summed E-state index contributed by atoms with van der Waals surface area (Å²) in [7, 11) is 0. The van der Waals surface area contributed by atoms with E-state index >= 15 is 0 Å². The first-order chi connectivity index (χ1) is 9.40. The summed E-state index contributed by atoms with van der Waals surface area (Å²) in [6, 6.07) is 9.44. The van der Waals surface area contributed by atoms with E-state index in [2.05, 4.69) is 29.6 Å². The predicted molar refractivity (Wildman–Crippen MR) is 78.4 cm³/mol. The maximum Gasteiger partial charge on any atom is 0.119 e. The molecule has 0 bridgehead atoms. The van der Waals surface area contributed by atoms with Gasteiger partial charge >= 0.3 is 0 Å². The fraction of sp³-hybridized carbons (Fsp3) is 0.647. The molecule has 0 spiro atoms. The quantitative estimate of drug-likeness (QED) is 0.806. The van der Waals surface area contributed by atoms with E-state index in [1.807, 2.05) is 0 Å². The van der Waals surface area contributed by atoms with Crippen LogP contribution < -0.4 is 10.1 Å². The summed E-state index contributed by atoms with van der Waals surface area (Å²) in [6.45, 7) is 0.994. The zero-order valence-electron chi connectivity index (χ0n) is 11.7. The van der Waals surface area contributed by atoms with Crippen LogP contribution in [-0.2, 0) is 6.54 Å². The van der Waals surface area contributed by atoms with E-state index < -0.39 is 0 Å². The zero-order valence-corrected chi connectivity index (χ0v) is 11.7. The van der Waals surface area contributed by atoms with Crippen LogP contribution in [0.3, 0.4) is 0 Å². The third-order valence-corrected chi connectivity index (χ3v) is 4.20. The molecule has 2 aliphatic rings. The van der Waals surface area contributed by atoms with E-state index in [4.69, 9.17) is 4.74 Å². The van der Waals surface area contributed by atoms with Gasteiger partial charge < -0.3 is 10.1 Å². The van der Waals surface area contributed by atoms with Crippen molar-refractivity contribution in [3.05, 3.63) is 29.8 Å². The van der Waals surface area contributed by atoms with Crippen LogP contribution in [0.4, 0.5) is 0 Å². The molecular formula is C17H25NO. The lowest BCUT2D eigenvalue weighted by molar-refractivity contribution is 0.183. The van der Waals surface area contributed by atoms with Crippen molar-refractivity contribution >= 4 is 0 Å². The van der Waals surface area contributed by atoms with Crippen LogP contribution in [0.2, 0.25) is 0 Å². The number of rotatable bonds is 5. The SMILES string of the molecule is c1cc(OC2CCCCCC2)ccc1CNC1CC1. The molecule has 0 heterocycles. The summed E-state index contributed by atoms with van der Waals surface area (Å²) in [5.74, 6) is 1.04. The number of ether oxygens (including phenoxy) is 1. The summed E-state index contributed by atoms with van der Waals surface area (Å²) in [5, 5.41) is 3.54. The summed E-state index contributed by atoms with van der Waals surface area (Å²) in [6.07, 6.45) is 11.0. The van der Waals surface area contributed by atoms with Gasteiger partial charge in [0.05, 0.1) is 6.10 Å². The highest BCUT2D eigenvalue weighted by atomic mass is 16.5. The highest BCUT2D eigenvalue weighted by Crippen LogP contribution is 2.23. The maximum atomic E-state index is 6.11. The molecule has 0 radical (unpaired) electrons. The van der Waals surface area contributed by atoms with Gasteiger partial charge in [0.2, 0.25) is 0 Å². The molecule has 0 amide bonds. The van der Waals surface area contributed by atoms with Crippen LogP contribution in [0.15, 0.2) is 24.3 Å². The summed E-state index contributed by atoms with van der Waals surface area (Å²) < 4.78 is 6.11. The molecule has 1 N–H and O–H groups in total. The monoisotopic (exact) mass is 259 g/mol. The second-order valence-electron chi connectivity index (χ2n) is 6.03. The Kier molecular flexibility index (Phi) is 4.39. The zero-order chi connectivity index (χ0) is 12.9. The Morgan fingerprint density at radius 3 is 2.21 bits per heavy atom. The molecule has 0 saturated heterocycles.